The Hall–Kier alpha value is -5.98. The molecule has 54 heavy (non-hydrogen) atoms. The Balaban J connectivity index is 1.60. The summed E-state index contributed by atoms with van der Waals surface area (Å²) in [5, 5.41) is 2.60. The second-order valence-electron chi connectivity index (χ2n) is 12.5. The Morgan fingerprint density at radius 1 is 0.741 bits per heavy atom. The number of carbonyl (C=O) groups excluding carboxylic acids is 5. The van der Waals surface area contributed by atoms with E-state index in [-0.39, 0.29) is 60.6 Å². The Kier molecular flexibility index (Phi) is 13.4. The van der Waals surface area contributed by atoms with E-state index in [0.29, 0.717) is 16.7 Å². The maximum Gasteiger partial charge on any atom is 0.416 e. The summed E-state index contributed by atoms with van der Waals surface area (Å²) in [7, 11) is 2.95. The summed E-state index contributed by atoms with van der Waals surface area (Å²) in [6.45, 7) is 4.12. The number of alkyl halides is 3. The molecule has 0 aliphatic heterocycles. The molecule has 0 aromatic heterocycles. The Bertz CT molecular complexity index is 1980. The van der Waals surface area contributed by atoms with Gasteiger partial charge < -0.3 is 24.4 Å². The number of benzene rings is 4. The molecule has 0 saturated carbocycles. The van der Waals surface area contributed by atoms with Gasteiger partial charge in [-0.3, -0.25) is 24.0 Å². The van der Waals surface area contributed by atoms with Gasteiger partial charge in [0.2, 0.25) is 0 Å². The topological polar surface area (TPSA) is 128 Å². The number of amides is 2. The summed E-state index contributed by atoms with van der Waals surface area (Å²) in [6.07, 6.45) is -5.35. The van der Waals surface area contributed by atoms with Crippen LogP contribution in [-0.2, 0) is 46.6 Å². The van der Waals surface area contributed by atoms with E-state index in [1.165, 1.54) is 50.2 Å². The molecule has 284 valence electrons. The first-order valence-corrected chi connectivity index (χ1v) is 17.1. The molecule has 0 aliphatic rings. The van der Waals surface area contributed by atoms with Crippen molar-refractivity contribution in [1.29, 1.82) is 0 Å². The number of halogens is 3. The van der Waals surface area contributed by atoms with Gasteiger partial charge in [0.1, 0.15) is 0 Å². The lowest BCUT2D eigenvalue weighted by Gasteiger charge is -2.29. The molecule has 0 fully saturated rings. The number of anilines is 1. The molecule has 1 N–H and O–H groups in total. The highest BCUT2D eigenvalue weighted by atomic mass is 19.4. The van der Waals surface area contributed by atoms with Gasteiger partial charge in [0.15, 0.2) is 5.41 Å². The van der Waals surface area contributed by atoms with Gasteiger partial charge >= 0.3 is 24.1 Å². The van der Waals surface area contributed by atoms with E-state index < -0.39 is 46.9 Å². The highest BCUT2D eigenvalue weighted by molar-refractivity contribution is 6.12. The number of hydrogen-bond acceptors (Lipinski definition) is 8. The van der Waals surface area contributed by atoms with Crippen LogP contribution in [0.25, 0.3) is 11.1 Å². The molecular weight excluding hydrogens is 705 g/mol. The molecule has 10 nitrogen and oxygen atoms in total. The molecule has 0 unspecified atom stereocenters. The minimum absolute atomic E-state index is 0.000445. The van der Waals surface area contributed by atoms with Crippen LogP contribution in [0.15, 0.2) is 91.0 Å². The van der Waals surface area contributed by atoms with Crippen molar-refractivity contribution < 1.29 is 51.4 Å². The molecule has 4 aromatic rings. The standard InChI is InChI=1S/C41H41F3N2O8/c1-6-52-38(50)40(39(51)53-7-2,29-16-12-9-13-17-29)20-21-54-35(47)24-27-18-19-34(32(23-27)37(49)46(4)5)45-36(48)31-25-33(41(42,43)44)26(3)22-30(31)28-14-10-8-11-15-28/h8-19,22-23,25H,6-7,20-21,24H2,1-5H3,(H,45,48). The van der Waals surface area contributed by atoms with Crippen LogP contribution in [0.2, 0.25) is 0 Å². The van der Waals surface area contributed by atoms with Crippen molar-refractivity contribution >= 4 is 35.4 Å². The van der Waals surface area contributed by atoms with Crippen LogP contribution in [0, 0.1) is 6.92 Å². The molecule has 0 atom stereocenters. The van der Waals surface area contributed by atoms with Crippen molar-refractivity contribution in [3.05, 3.63) is 124 Å². The van der Waals surface area contributed by atoms with Crippen molar-refractivity contribution in [2.45, 2.75) is 45.2 Å². The molecule has 0 radical (unpaired) electrons. The van der Waals surface area contributed by atoms with Crippen LogP contribution in [0.4, 0.5) is 18.9 Å². The van der Waals surface area contributed by atoms with Crippen LogP contribution in [0.3, 0.4) is 0 Å². The molecule has 4 rings (SSSR count). The third-order valence-electron chi connectivity index (χ3n) is 8.57. The highest BCUT2D eigenvalue weighted by Crippen LogP contribution is 2.37. The lowest BCUT2D eigenvalue weighted by Crippen LogP contribution is -2.47. The number of aryl methyl sites for hydroxylation is 1. The first-order chi connectivity index (χ1) is 25.6. The number of hydrogen-bond donors (Lipinski definition) is 1. The number of rotatable bonds is 14. The average Bonchev–Trinajstić information content (AvgIpc) is 3.13. The Labute approximate surface area is 311 Å². The van der Waals surface area contributed by atoms with Gasteiger partial charge in [-0.2, -0.15) is 13.2 Å². The van der Waals surface area contributed by atoms with Gasteiger partial charge in [0.05, 0.1) is 43.1 Å². The van der Waals surface area contributed by atoms with E-state index in [1.54, 1.807) is 74.5 Å². The fourth-order valence-electron chi connectivity index (χ4n) is 5.91. The molecule has 2 amide bonds. The smallest absolute Gasteiger partial charge is 0.416 e. The van der Waals surface area contributed by atoms with Crippen molar-refractivity contribution in [3.8, 4) is 11.1 Å². The summed E-state index contributed by atoms with van der Waals surface area (Å²) in [6, 6.07) is 22.9. The maximum absolute atomic E-state index is 13.9. The van der Waals surface area contributed by atoms with E-state index in [0.717, 1.165) is 6.07 Å². The quantitative estimate of drug-likeness (QED) is 0.0818. The predicted molar refractivity (Wildman–Crippen MR) is 195 cm³/mol. The predicted octanol–water partition coefficient (Wildman–Crippen LogP) is 7.17. The lowest BCUT2D eigenvalue weighted by atomic mass is 9.77. The molecule has 0 saturated heterocycles. The minimum Gasteiger partial charge on any atom is -0.465 e. The fourth-order valence-corrected chi connectivity index (χ4v) is 5.91. The van der Waals surface area contributed by atoms with Crippen molar-refractivity contribution in [2.24, 2.45) is 0 Å². The highest BCUT2D eigenvalue weighted by Gasteiger charge is 2.50. The lowest BCUT2D eigenvalue weighted by molar-refractivity contribution is -0.167. The van der Waals surface area contributed by atoms with Crippen LogP contribution in [0.5, 0.6) is 0 Å². The largest absolute Gasteiger partial charge is 0.465 e. The number of nitrogens with one attached hydrogen (secondary N) is 1. The Morgan fingerprint density at radius 2 is 1.33 bits per heavy atom. The fraction of sp³-hybridized carbons (Fsp3) is 0.293. The number of ether oxygens (including phenoxy) is 3. The van der Waals surface area contributed by atoms with Gasteiger partial charge in [0, 0.05) is 26.1 Å². The molecule has 0 heterocycles. The van der Waals surface area contributed by atoms with Crippen molar-refractivity contribution in [1.82, 2.24) is 4.90 Å². The van der Waals surface area contributed by atoms with Crippen LogP contribution < -0.4 is 5.32 Å². The van der Waals surface area contributed by atoms with Crippen LogP contribution in [0.1, 0.15) is 63.2 Å². The molecule has 4 aromatic carbocycles. The summed E-state index contributed by atoms with van der Waals surface area (Å²) in [5.74, 6) is -3.90. The van der Waals surface area contributed by atoms with E-state index in [9.17, 15) is 37.1 Å². The normalized spacial score (nSPS) is 11.3. The van der Waals surface area contributed by atoms with Crippen molar-refractivity contribution in [2.75, 3.05) is 39.2 Å². The number of esters is 3. The molecular formula is C41H41F3N2O8. The Morgan fingerprint density at radius 3 is 1.89 bits per heavy atom. The molecule has 0 spiro atoms. The third kappa shape index (κ3) is 9.32. The van der Waals surface area contributed by atoms with Gasteiger partial charge in [-0.15, -0.1) is 0 Å². The first-order valence-electron chi connectivity index (χ1n) is 17.1. The zero-order chi connectivity index (χ0) is 39.6. The van der Waals surface area contributed by atoms with Gasteiger partial charge in [-0.05, 0) is 66.8 Å². The summed E-state index contributed by atoms with van der Waals surface area (Å²) >= 11 is 0. The number of carbonyl (C=O) groups is 5. The first kappa shape index (κ1) is 40.8. The summed E-state index contributed by atoms with van der Waals surface area (Å²) < 4.78 is 57.8. The number of nitrogens with zero attached hydrogens (tertiary/aromatic N) is 1. The zero-order valence-electron chi connectivity index (χ0n) is 30.5. The van der Waals surface area contributed by atoms with E-state index in [4.69, 9.17) is 14.2 Å². The molecule has 0 aliphatic carbocycles. The minimum atomic E-state index is -4.72. The van der Waals surface area contributed by atoms with E-state index in [1.807, 2.05) is 0 Å². The van der Waals surface area contributed by atoms with Gasteiger partial charge in [-0.25, -0.2) is 0 Å². The van der Waals surface area contributed by atoms with Gasteiger partial charge in [0.25, 0.3) is 11.8 Å². The summed E-state index contributed by atoms with van der Waals surface area (Å²) in [5.41, 5.74) is -1.84. The van der Waals surface area contributed by atoms with Crippen LogP contribution >= 0.6 is 0 Å². The van der Waals surface area contributed by atoms with E-state index >= 15 is 0 Å². The van der Waals surface area contributed by atoms with Crippen molar-refractivity contribution in [3.63, 3.8) is 0 Å². The SMILES string of the molecule is CCOC(=O)C(CCOC(=O)Cc1ccc(NC(=O)c2cc(C(F)(F)F)c(C)cc2-c2ccccc2)c(C(=O)N(C)C)c1)(C(=O)OCC)c1ccccc1. The monoisotopic (exact) mass is 746 g/mol. The second kappa shape index (κ2) is 17.7. The van der Waals surface area contributed by atoms with Crippen LogP contribution in [-0.4, -0.2) is 68.5 Å². The average molecular weight is 747 g/mol. The summed E-state index contributed by atoms with van der Waals surface area (Å²) in [4.78, 5) is 68.0. The van der Waals surface area contributed by atoms with E-state index in [2.05, 4.69) is 5.32 Å². The third-order valence-corrected chi connectivity index (χ3v) is 8.57. The zero-order valence-corrected chi connectivity index (χ0v) is 30.5. The second-order valence-corrected chi connectivity index (χ2v) is 12.5. The van der Waals surface area contributed by atoms with Gasteiger partial charge in [-0.1, -0.05) is 72.8 Å². The molecule has 0 bridgehead atoms. The molecule has 13 heteroatoms. The maximum atomic E-state index is 13.9.